The summed E-state index contributed by atoms with van der Waals surface area (Å²) in [4.78, 5) is 10.1. The van der Waals surface area contributed by atoms with Gasteiger partial charge in [0.2, 0.25) is 0 Å². The number of rotatable bonds is 5. The van der Waals surface area contributed by atoms with Crippen molar-refractivity contribution in [1.82, 2.24) is 0 Å². The monoisotopic (exact) mass is 258 g/mol. The first-order valence-corrected chi connectivity index (χ1v) is 5.58. The SMILES string of the molecule is CCCCO.CCCCOC(C)=O.FB(F)F. The summed E-state index contributed by atoms with van der Waals surface area (Å²) in [5, 5.41) is 8.07. The maximum atomic E-state index is 10.1. The second-order valence-electron chi connectivity index (χ2n) is 3.02. The Bertz CT molecular complexity index is 144. The van der Waals surface area contributed by atoms with E-state index < -0.39 is 7.54 Å². The fraction of sp³-hybridized carbons (Fsp3) is 0.900. The number of carbonyl (C=O) groups excluding carboxylic acids is 1. The number of ether oxygens (including phenoxy) is 1. The summed E-state index contributed by atoms with van der Waals surface area (Å²) in [6.45, 7) is 6.46. The predicted molar refractivity (Wildman–Crippen MR) is 62.6 cm³/mol. The van der Waals surface area contributed by atoms with Crippen molar-refractivity contribution in [3.8, 4) is 0 Å². The molecule has 0 rings (SSSR count). The van der Waals surface area contributed by atoms with Crippen LogP contribution in [0.25, 0.3) is 0 Å². The molecule has 0 aliphatic carbocycles. The molecule has 0 aromatic heterocycles. The molecule has 17 heavy (non-hydrogen) atoms. The van der Waals surface area contributed by atoms with E-state index in [9.17, 15) is 17.7 Å². The average Bonchev–Trinajstić information content (AvgIpc) is 2.19. The molecule has 0 heterocycles. The van der Waals surface area contributed by atoms with Gasteiger partial charge in [-0.2, -0.15) is 0 Å². The molecule has 0 aromatic rings. The molecule has 0 saturated heterocycles. The molecule has 104 valence electrons. The van der Waals surface area contributed by atoms with E-state index in [2.05, 4.69) is 18.6 Å². The van der Waals surface area contributed by atoms with Crippen LogP contribution in [0.4, 0.5) is 12.9 Å². The van der Waals surface area contributed by atoms with Crippen LogP contribution in [0.5, 0.6) is 0 Å². The van der Waals surface area contributed by atoms with Crippen molar-refractivity contribution >= 4 is 13.5 Å². The van der Waals surface area contributed by atoms with Gasteiger partial charge in [0.15, 0.2) is 0 Å². The quantitative estimate of drug-likeness (QED) is 0.468. The van der Waals surface area contributed by atoms with Crippen LogP contribution in [-0.4, -0.2) is 31.8 Å². The summed E-state index contributed by atoms with van der Waals surface area (Å²) in [5.41, 5.74) is 0. The molecule has 0 aliphatic heterocycles. The van der Waals surface area contributed by atoms with E-state index in [0.717, 1.165) is 25.7 Å². The molecule has 0 amide bonds. The van der Waals surface area contributed by atoms with Crippen LogP contribution in [0.1, 0.15) is 46.5 Å². The number of aliphatic hydroxyl groups is 1. The van der Waals surface area contributed by atoms with Crippen molar-refractivity contribution < 1.29 is 27.6 Å². The van der Waals surface area contributed by atoms with Crippen molar-refractivity contribution in [3.05, 3.63) is 0 Å². The molecule has 3 nitrogen and oxygen atoms in total. The molecule has 0 fully saturated rings. The topological polar surface area (TPSA) is 46.5 Å². The van der Waals surface area contributed by atoms with Gasteiger partial charge in [-0.25, -0.2) is 0 Å². The third-order valence-electron chi connectivity index (χ3n) is 1.31. The van der Waals surface area contributed by atoms with Crippen molar-refractivity contribution in [1.29, 1.82) is 0 Å². The van der Waals surface area contributed by atoms with Gasteiger partial charge in [0, 0.05) is 13.5 Å². The number of aliphatic hydroxyl groups excluding tert-OH is 1. The molecule has 0 bridgehead atoms. The van der Waals surface area contributed by atoms with Gasteiger partial charge in [0.1, 0.15) is 0 Å². The molecule has 1 N–H and O–H groups in total. The van der Waals surface area contributed by atoms with Crippen molar-refractivity contribution in [2.45, 2.75) is 46.5 Å². The Morgan fingerprint density at radius 2 is 1.59 bits per heavy atom. The van der Waals surface area contributed by atoms with E-state index in [1.54, 1.807) is 0 Å². The number of esters is 1. The first kappa shape index (κ1) is 21.6. The minimum atomic E-state index is -3.67. The maximum Gasteiger partial charge on any atom is 0.762 e. The van der Waals surface area contributed by atoms with E-state index in [-0.39, 0.29) is 5.97 Å². The van der Waals surface area contributed by atoms with E-state index in [1.165, 1.54) is 6.92 Å². The van der Waals surface area contributed by atoms with Crippen LogP contribution < -0.4 is 0 Å². The Morgan fingerprint density at radius 1 is 1.18 bits per heavy atom. The maximum absolute atomic E-state index is 10.1. The molecule has 0 radical (unpaired) electrons. The van der Waals surface area contributed by atoms with Gasteiger partial charge in [-0.05, 0) is 12.8 Å². The van der Waals surface area contributed by atoms with Gasteiger partial charge < -0.3 is 9.84 Å². The number of hydrogen-bond donors (Lipinski definition) is 1. The van der Waals surface area contributed by atoms with Crippen LogP contribution in [0.3, 0.4) is 0 Å². The zero-order valence-corrected chi connectivity index (χ0v) is 10.7. The third-order valence-corrected chi connectivity index (χ3v) is 1.31. The summed E-state index contributed by atoms with van der Waals surface area (Å²) >= 11 is 0. The molecule has 0 spiro atoms. The highest BCUT2D eigenvalue weighted by Gasteiger charge is 2.06. The minimum Gasteiger partial charge on any atom is -0.466 e. The molecular weight excluding hydrogens is 236 g/mol. The van der Waals surface area contributed by atoms with Gasteiger partial charge in [0.05, 0.1) is 6.61 Å². The van der Waals surface area contributed by atoms with Crippen LogP contribution in [0, 0.1) is 0 Å². The van der Waals surface area contributed by atoms with Gasteiger partial charge in [-0.1, -0.05) is 26.7 Å². The molecule has 0 saturated carbocycles. The smallest absolute Gasteiger partial charge is 0.466 e. The zero-order valence-electron chi connectivity index (χ0n) is 10.7. The fourth-order valence-corrected chi connectivity index (χ4v) is 0.518. The first-order valence-electron chi connectivity index (χ1n) is 5.58. The second-order valence-corrected chi connectivity index (χ2v) is 3.02. The third kappa shape index (κ3) is 68.3. The highest BCUT2D eigenvalue weighted by atomic mass is 19.4. The predicted octanol–water partition coefficient (Wildman–Crippen LogP) is 3.01. The van der Waals surface area contributed by atoms with Crippen LogP contribution >= 0.6 is 0 Å². The normalized spacial score (nSPS) is 8.18. The number of halogens is 3. The minimum absolute atomic E-state index is 0.182. The fourth-order valence-electron chi connectivity index (χ4n) is 0.518. The average molecular weight is 258 g/mol. The van der Waals surface area contributed by atoms with Gasteiger partial charge in [-0.15, -0.1) is 0 Å². The number of hydrogen-bond acceptors (Lipinski definition) is 3. The molecular formula is C10H22BF3O3. The lowest BCUT2D eigenvalue weighted by atomic mass is 10.4. The van der Waals surface area contributed by atoms with Crippen molar-refractivity contribution in [3.63, 3.8) is 0 Å². The number of carbonyl (C=O) groups is 1. The molecule has 0 atom stereocenters. The van der Waals surface area contributed by atoms with Gasteiger partial charge in [0.25, 0.3) is 0 Å². The summed E-state index contributed by atoms with van der Waals surface area (Å²) in [5.74, 6) is -0.182. The molecule has 0 aliphatic rings. The van der Waals surface area contributed by atoms with Crippen LogP contribution in [-0.2, 0) is 9.53 Å². The number of unbranched alkanes of at least 4 members (excludes halogenated alkanes) is 2. The second kappa shape index (κ2) is 20.7. The highest BCUT2D eigenvalue weighted by Crippen LogP contribution is 1.86. The van der Waals surface area contributed by atoms with Gasteiger partial charge >= 0.3 is 13.5 Å². The lowest BCUT2D eigenvalue weighted by Gasteiger charge is -1.96. The summed E-state index contributed by atoms with van der Waals surface area (Å²) in [7, 11) is -3.67. The van der Waals surface area contributed by atoms with E-state index in [1.807, 2.05) is 0 Å². The summed E-state index contributed by atoms with van der Waals surface area (Å²) < 4.78 is 33.6. The van der Waals surface area contributed by atoms with E-state index in [4.69, 9.17) is 5.11 Å². The van der Waals surface area contributed by atoms with E-state index >= 15 is 0 Å². The Kier molecular flexibility index (Phi) is 26.2. The molecule has 0 aromatic carbocycles. The van der Waals surface area contributed by atoms with Crippen molar-refractivity contribution in [2.75, 3.05) is 13.2 Å². The van der Waals surface area contributed by atoms with Crippen molar-refractivity contribution in [2.24, 2.45) is 0 Å². The van der Waals surface area contributed by atoms with Gasteiger partial charge in [-0.3, -0.25) is 17.7 Å². The van der Waals surface area contributed by atoms with Crippen LogP contribution in [0.15, 0.2) is 0 Å². The van der Waals surface area contributed by atoms with Crippen LogP contribution in [0.2, 0.25) is 0 Å². The Balaban J connectivity index is -0.000000188. The summed E-state index contributed by atoms with van der Waals surface area (Å²) in [6.07, 6.45) is 4.09. The van der Waals surface area contributed by atoms with E-state index in [0.29, 0.717) is 13.2 Å². The lowest BCUT2D eigenvalue weighted by molar-refractivity contribution is -0.141. The Morgan fingerprint density at radius 3 is 1.76 bits per heavy atom. The Labute approximate surface area is 102 Å². The highest BCUT2D eigenvalue weighted by molar-refractivity contribution is 6.33. The largest absolute Gasteiger partial charge is 0.762 e. The zero-order chi connectivity index (χ0) is 14.1. The Hall–Kier alpha value is -0.715. The lowest BCUT2D eigenvalue weighted by Crippen LogP contribution is -1.99. The first-order chi connectivity index (χ1) is 7.92. The standard InChI is InChI=1S/C6H12O2.C4H10O.BF3/c1-3-4-5-8-6(2)7;1-2-3-4-5;2-1(3)4/h3-5H2,1-2H3;5H,2-4H2,1H3;. The summed E-state index contributed by atoms with van der Waals surface area (Å²) in [6, 6.07) is 0. The molecule has 7 heteroatoms. The molecule has 0 unspecified atom stereocenters.